The molecule has 0 heterocycles. The van der Waals surface area contributed by atoms with Crippen LogP contribution in [0.2, 0.25) is 0 Å². The largest absolute Gasteiger partial charge is 0.756 e. The Morgan fingerprint density at radius 2 is 0.863 bits per heavy atom. The lowest BCUT2D eigenvalue weighted by molar-refractivity contribution is -0.230. The van der Waals surface area contributed by atoms with Crippen molar-refractivity contribution in [1.82, 2.24) is 0 Å². The van der Waals surface area contributed by atoms with Crippen molar-refractivity contribution in [1.29, 1.82) is 0 Å². The summed E-state index contributed by atoms with van der Waals surface area (Å²) in [7, 11) is -4.85. The number of ether oxygens (including phenoxy) is 2. The van der Waals surface area contributed by atoms with Gasteiger partial charge >= 0.3 is 11.9 Å². The van der Waals surface area contributed by atoms with Crippen LogP contribution in [-0.4, -0.2) is 60.8 Å². The zero-order valence-corrected chi connectivity index (χ0v) is 33.7. The molecular weight excluding hydrogens is 671 g/mol. The van der Waals surface area contributed by atoms with Crippen LogP contribution in [0.1, 0.15) is 206 Å². The molecule has 3 atom stereocenters. The van der Waals surface area contributed by atoms with E-state index >= 15 is 0 Å². The van der Waals surface area contributed by atoms with Crippen molar-refractivity contribution in [2.45, 2.75) is 219 Å². The Bertz CT molecular complexity index is 827. The van der Waals surface area contributed by atoms with Gasteiger partial charge in [0, 0.05) is 12.8 Å². The summed E-state index contributed by atoms with van der Waals surface area (Å²) in [5.41, 5.74) is 0. The van der Waals surface area contributed by atoms with Gasteiger partial charge in [0.25, 0.3) is 7.82 Å². The maximum atomic E-state index is 12.5. The molecule has 51 heavy (non-hydrogen) atoms. The Hall–Kier alpha value is -1.03. The van der Waals surface area contributed by atoms with Crippen molar-refractivity contribution >= 4 is 19.8 Å². The van der Waals surface area contributed by atoms with E-state index in [9.17, 15) is 24.2 Å². The van der Waals surface area contributed by atoms with Crippen LogP contribution < -0.4 is 4.89 Å². The highest BCUT2D eigenvalue weighted by molar-refractivity contribution is 7.45. The van der Waals surface area contributed by atoms with Gasteiger partial charge in [0.2, 0.25) is 0 Å². The molecular formula is C40H78O10P-. The smallest absolute Gasteiger partial charge is 0.306 e. The predicted octanol–water partition coefficient (Wildman–Crippen LogP) is 10.0. The van der Waals surface area contributed by atoms with Crippen molar-refractivity contribution in [2.24, 2.45) is 0 Å². The summed E-state index contributed by atoms with van der Waals surface area (Å²) < 4.78 is 32.3. The molecule has 0 aliphatic heterocycles. The van der Waals surface area contributed by atoms with Crippen molar-refractivity contribution in [2.75, 3.05) is 26.4 Å². The van der Waals surface area contributed by atoms with Gasteiger partial charge in [0.1, 0.15) is 12.7 Å². The summed E-state index contributed by atoms with van der Waals surface area (Å²) in [6.45, 7) is 2.22. The second kappa shape index (κ2) is 37.3. The molecule has 0 aromatic rings. The number of phosphoric acid groups is 1. The van der Waals surface area contributed by atoms with Crippen LogP contribution in [0.15, 0.2) is 0 Å². The molecule has 10 nitrogen and oxygen atoms in total. The zero-order valence-electron chi connectivity index (χ0n) is 32.8. The van der Waals surface area contributed by atoms with E-state index in [1.807, 2.05) is 0 Å². The summed E-state index contributed by atoms with van der Waals surface area (Å²) in [6, 6.07) is 0. The first-order valence-corrected chi connectivity index (χ1v) is 22.4. The predicted molar refractivity (Wildman–Crippen MR) is 203 cm³/mol. The molecule has 11 heteroatoms. The van der Waals surface area contributed by atoms with Gasteiger partial charge in [0.05, 0.1) is 19.8 Å². The Morgan fingerprint density at radius 1 is 0.529 bits per heavy atom. The number of rotatable bonds is 40. The van der Waals surface area contributed by atoms with Crippen molar-refractivity contribution < 1.29 is 47.8 Å². The molecule has 0 bridgehead atoms. The average molecular weight is 750 g/mol. The Balaban J connectivity index is 4.27. The first-order chi connectivity index (χ1) is 24.7. The number of phosphoric ester groups is 1. The molecule has 0 fully saturated rings. The van der Waals surface area contributed by atoms with Crippen LogP contribution in [0.25, 0.3) is 0 Å². The minimum atomic E-state index is -4.85. The van der Waals surface area contributed by atoms with Gasteiger partial charge < -0.3 is 33.6 Å². The number of carbonyl (C=O) groups is 2. The van der Waals surface area contributed by atoms with E-state index in [0.717, 1.165) is 38.5 Å². The fourth-order valence-corrected chi connectivity index (χ4v) is 6.77. The van der Waals surface area contributed by atoms with Gasteiger partial charge in [-0.3, -0.25) is 14.2 Å². The van der Waals surface area contributed by atoms with E-state index in [2.05, 4.69) is 18.4 Å². The summed E-state index contributed by atoms with van der Waals surface area (Å²) in [5.74, 6) is -0.947. The molecule has 0 amide bonds. The lowest BCUT2D eigenvalue weighted by atomic mass is 10.0. The lowest BCUT2D eigenvalue weighted by Crippen LogP contribution is -2.30. The SMILES string of the molecule is CCCCCCCCCCCCCCCCCC(=O)OC[C@H](COP(=O)([O-])OC[C@@H](O)CO)OC(=O)CCCCCCCCCCCCCCC. The van der Waals surface area contributed by atoms with E-state index in [1.165, 1.54) is 128 Å². The standard InChI is InChI=1S/C40H79O10P/c1-3-5-7-9-11-13-15-17-18-20-21-23-25-27-29-31-39(43)47-35-38(36-49-51(45,46)48-34-37(42)33-41)50-40(44)32-30-28-26-24-22-19-16-14-12-10-8-6-4-2/h37-38,41-42H,3-36H2,1-2H3,(H,45,46)/p-1/t37-,38+/m0/s1. The molecule has 0 saturated heterocycles. The second-order valence-electron chi connectivity index (χ2n) is 14.4. The van der Waals surface area contributed by atoms with E-state index in [1.54, 1.807) is 0 Å². The Kier molecular flexibility index (Phi) is 36.5. The van der Waals surface area contributed by atoms with Crippen LogP contribution in [-0.2, 0) is 32.7 Å². The molecule has 0 aromatic heterocycles. The van der Waals surface area contributed by atoms with Gasteiger partial charge in [-0.15, -0.1) is 0 Å². The third kappa shape index (κ3) is 37.1. The molecule has 0 spiro atoms. The van der Waals surface area contributed by atoms with E-state index in [4.69, 9.17) is 19.1 Å². The Morgan fingerprint density at radius 3 is 1.24 bits per heavy atom. The van der Waals surface area contributed by atoms with Crippen LogP contribution in [0.3, 0.4) is 0 Å². The minimum Gasteiger partial charge on any atom is -0.756 e. The fraction of sp³-hybridized carbons (Fsp3) is 0.950. The molecule has 0 aromatic carbocycles. The third-order valence-electron chi connectivity index (χ3n) is 9.25. The third-order valence-corrected chi connectivity index (χ3v) is 10.2. The zero-order chi connectivity index (χ0) is 37.7. The van der Waals surface area contributed by atoms with Crippen LogP contribution >= 0.6 is 7.82 Å². The van der Waals surface area contributed by atoms with E-state index in [-0.39, 0.29) is 19.4 Å². The first-order valence-electron chi connectivity index (χ1n) is 21.0. The summed E-state index contributed by atoms with van der Waals surface area (Å²) in [6.07, 6.45) is 31.8. The van der Waals surface area contributed by atoms with Crippen LogP contribution in [0.5, 0.6) is 0 Å². The average Bonchev–Trinajstić information content (AvgIpc) is 3.12. The minimum absolute atomic E-state index is 0.176. The summed E-state index contributed by atoms with van der Waals surface area (Å²) in [5, 5.41) is 18.2. The molecule has 2 N–H and O–H groups in total. The van der Waals surface area contributed by atoms with Gasteiger partial charge in [0.15, 0.2) is 6.10 Å². The molecule has 0 saturated carbocycles. The van der Waals surface area contributed by atoms with Gasteiger partial charge in [-0.05, 0) is 12.8 Å². The van der Waals surface area contributed by atoms with Gasteiger partial charge in [-0.2, -0.15) is 0 Å². The van der Waals surface area contributed by atoms with Crippen LogP contribution in [0, 0.1) is 0 Å². The highest BCUT2D eigenvalue weighted by Crippen LogP contribution is 2.38. The number of unbranched alkanes of at least 4 members (excludes halogenated alkanes) is 26. The molecule has 1 unspecified atom stereocenters. The highest BCUT2D eigenvalue weighted by Gasteiger charge is 2.21. The molecule has 0 radical (unpaired) electrons. The molecule has 0 rings (SSSR count). The first kappa shape index (κ1) is 50.0. The normalized spacial score (nSPS) is 13.9. The number of hydrogen-bond acceptors (Lipinski definition) is 10. The fourth-order valence-electron chi connectivity index (χ4n) is 5.99. The maximum absolute atomic E-state index is 12.5. The second-order valence-corrected chi connectivity index (χ2v) is 15.8. The van der Waals surface area contributed by atoms with Crippen molar-refractivity contribution in [3.05, 3.63) is 0 Å². The summed E-state index contributed by atoms with van der Waals surface area (Å²) in [4.78, 5) is 37.0. The maximum Gasteiger partial charge on any atom is 0.306 e. The topological polar surface area (TPSA) is 152 Å². The van der Waals surface area contributed by atoms with Crippen LogP contribution in [0.4, 0.5) is 0 Å². The van der Waals surface area contributed by atoms with E-state index < -0.39 is 51.8 Å². The lowest BCUT2D eigenvalue weighted by Gasteiger charge is -2.26. The molecule has 304 valence electrons. The number of esters is 2. The van der Waals surface area contributed by atoms with Gasteiger partial charge in [-0.1, -0.05) is 181 Å². The van der Waals surface area contributed by atoms with Crippen molar-refractivity contribution in [3.8, 4) is 0 Å². The quantitative estimate of drug-likeness (QED) is 0.0352. The molecule has 0 aliphatic rings. The number of aliphatic hydroxyl groups is 2. The number of aliphatic hydroxyl groups excluding tert-OH is 2. The highest BCUT2D eigenvalue weighted by atomic mass is 31.2. The number of carbonyl (C=O) groups excluding carboxylic acids is 2. The monoisotopic (exact) mass is 750 g/mol. The van der Waals surface area contributed by atoms with Gasteiger partial charge in [-0.25, -0.2) is 0 Å². The summed E-state index contributed by atoms with van der Waals surface area (Å²) >= 11 is 0. The molecule has 0 aliphatic carbocycles. The van der Waals surface area contributed by atoms with Crippen molar-refractivity contribution in [3.63, 3.8) is 0 Å². The Labute approximate surface area is 312 Å². The number of hydrogen-bond donors (Lipinski definition) is 2. The van der Waals surface area contributed by atoms with E-state index in [0.29, 0.717) is 12.8 Å².